The van der Waals surface area contributed by atoms with Crippen molar-refractivity contribution in [2.24, 2.45) is 0 Å². The van der Waals surface area contributed by atoms with Crippen molar-refractivity contribution in [2.45, 2.75) is 47.1 Å². The molecular formula is C19H25NO4. The topological polar surface area (TPSA) is 59.8 Å². The molecule has 2 aromatic rings. The van der Waals surface area contributed by atoms with Gasteiger partial charge in [0.05, 0.1) is 6.61 Å². The van der Waals surface area contributed by atoms with E-state index in [2.05, 4.69) is 0 Å². The van der Waals surface area contributed by atoms with Crippen LogP contribution in [0, 0.1) is 20.8 Å². The lowest BCUT2D eigenvalue weighted by Crippen LogP contribution is -2.51. The lowest BCUT2D eigenvalue weighted by Gasteiger charge is -2.32. The van der Waals surface area contributed by atoms with E-state index in [0.29, 0.717) is 0 Å². The molecule has 0 atom stereocenters. The predicted octanol–water partition coefficient (Wildman–Crippen LogP) is 3.77. The Balaban J connectivity index is 2.49. The van der Waals surface area contributed by atoms with Gasteiger partial charge in [-0.05, 0) is 52.7 Å². The quantitative estimate of drug-likeness (QED) is 0.800. The van der Waals surface area contributed by atoms with E-state index in [1.165, 1.54) is 4.90 Å². The van der Waals surface area contributed by atoms with Crippen LogP contribution in [0.25, 0.3) is 11.0 Å². The van der Waals surface area contributed by atoms with Crippen LogP contribution in [0.3, 0.4) is 0 Å². The summed E-state index contributed by atoms with van der Waals surface area (Å²) < 4.78 is 11.0. The predicted molar refractivity (Wildman–Crippen MR) is 93.2 cm³/mol. The number of aryl methyl sites for hydroxylation is 3. The molecule has 1 aromatic carbocycles. The van der Waals surface area contributed by atoms with Crippen LogP contribution in [0.2, 0.25) is 0 Å². The molecule has 0 fully saturated rings. The monoisotopic (exact) mass is 331 g/mol. The molecular weight excluding hydrogens is 306 g/mol. The Kier molecular flexibility index (Phi) is 4.74. The summed E-state index contributed by atoms with van der Waals surface area (Å²) in [6.07, 6.45) is 0. The number of fused-ring (bicyclic) bond motifs is 1. The molecule has 130 valence electrons. The molecule has 0 spiro atoms. The van der Waals surface area contributed by atoms with E-state index in [1.54, 1.807) is 27.8 Å². The van der Waals surface area contributed by atoms with Gasteiger partial charge in [0, 0.05) is 18.0 Å². The number of hydrogen-bond donors (Lipinski definition) is 0. The number of hydrogen-bond acceptors (Lipinski definition) is 4. The van der Waals surface area contributed by atoms with Gasteiger partial charge in [-0.3, -0.25) is 4.79 Å². The summed E-state index contributed by atoms with van der Waals surface area (Å²) in [5, 5.41) is 0.959. The minimum Gasteiger partial charge on any atom is -0.464 e. The van der Waals surface area contributed by atoms with Crippen molar-refractivity contribution >= 4 is 22.8 Å². The van der Waals surface area contributed by atoms with Crippen molar-refractivity contribution in [3.8, 4) is 0 Å². The van der Waals surface area contributed by atoms with E-state index in [9.17, 15) is 9.59 Å². The second kappa shape index (κ2) is 6.30. The fraction of sp³-hybridized carbons (Fsp3) is 0.474. The largest absolute Gasteiger partial charge is 0.464 e. The second-order valence-corrected chi connectivity index (χ2v) is 6.60. The van der Waals surface area contributed by atoms with Crippen LogP contribution in [0.5, 0.6) is 0 Å². The standard InChI is InChI=1S/C19H25NO4/c1-8-23-18(22)19(5,6)20(7)17(21)16-13(4)14-11(2)9-10-12(3)15(14)24-16/h9-10H,8H2,1-7H3. The maximum Gasteiger partial charge on any atom is 0.331 e. The van der Waals surface area contributed by atoms with Crippen LogP contribution in [0.4, 0.5) is 0 Å². The number of carbonyl (C=O) groups excluding carboxylic acids is 2. The Labute approximate surface area is 142 Å². The molecule has 5 nitrogen and oxygen atoms in total. The summed E-state index contributed by atoms with van der Waals surface area (Å²) in [6, 6.07) is 3.99. The number of nitrogens with zero attached hydrogens (tertiary/aromatic N) is 1. The average molecular weight is 331 g/mol. The summed E-state index contributed by atoms with van der Waals surface area (Å²) in [5.41, 5.74) is 2.47. The van der Waals surface area contributed by atoms with Crippen LogP contribution in [0.15, 0.2) is 16.5 Å². The van der Waals surface area contributed by atoms with Crippen LogP contribution >= 0.6 is 0 Å². The number of furan rings is 1. The highest BCUT2D eigenvalue weighted by Crippen LogP contribution is 2.32. The van der Waals surface area contributed by atoms with Gasteiger partial charge in [-0.15, -0.1) is 0 Å². The highest BCUT2D eigenvalue weighted by molar-refractivity contribution is 6.02. The number of likely N-dealkylation sites (N-methyl/N-ethyl adjacent to an activating group) is 1. The van der Waals surface area contributed by atoms with E-state index in [4.69, 9.17) is 9.15 Å². The average Bonchev–Trinajstić information content (AvgIpc) is 2.88. The van der Waals surface area contributed by atoms with Crippen LogP contribution in [-0.2, 0) is 9.53 Å². The van der Waals surface area contributed by atoms with E-state index >= 15 is 0 Å². The third kappa shape index (κ3) is 2.79. The van der Waals surface area contributed by atoms with Gasteiger partial charge in [0.1, 0.15) is 11.1 Å². The summed E-state index contributed by atoms with van der Waals surface area (Å²) in [4.78, 5) is 26.5. The number of rotatable bonds is 4. The zero-order valence-electron chi connectivity index (χ0n) is 15.4. The maximum atomic E-state index is 12.9. The molecule has 1 aromatic heterocycles. The molecule has 0 saturated carbocycles. The smallest absolute Gasteiger partial charge is 0.331 e. The van der Waals surface area contributed by atoms with Crippen LogP contribution in [0.1, 0.15) is 48.0 Å². The zero-order valence-corrected chi connectivity index (χ0v) is 15.4. The Morgan fingerprint density at radius 1 is 1.17 bits per heavy atom. The normalized spacial score (nSPS) is 11.6. The summed E-state index contributed by atoms with van der Waals surface area (Å²) in [5.74, 6) is -0.509. The van der Waals surface area contributed by atoms with Crippen molar-refractivity contribution in [3.05, 3.63) is 34.6 Å². The Morgan fingerprint density at radius 3 is 2.29 bits per heavy atom. The molecule has 0 aliphatic rings. The van der Waals surface area contributed by atoms with E-state index in [0.717, 1.165) is 27.7 Å². The maximum absolute atomic E-state index is 12.9. The van der Waals surface area contributed by atoms with Gasteiger partial charge in [-0.25, -0.2) is 4.79 Å². The van der Waals surface area contributed by atoms with Gasteiger partial charge in [0.25, 0.3) is 5.91 Å². The Bertz CT molecular complexity index is 801. The van der Waals surface area contributed by atoms with E-state index < -0.39 is 11.5 Å². The minimum absolute atomic E-state index is 0.266. The number of benzene rings is 1. The van der Waals surface area contributed by atoms with E-state index in [1.807, 2.05) is 32.9 Å². The molecule has 0 N–H and O–H groups in total. The molecule has 2 rings (SSSR count). The molecule has 0 unspecified atom stereocenters. The van der Waals surface area contributed by atoms with Crippen molar-refractivity contribution in [2.75, 3.05) is 13.7 Å². The fourth-order valence-corrected chi connectivity index (χ4v) is 2.73. The van der Waals surface area contributed by atoms with Crippen molar-refractivity contribution < 1.29 is 18.7 Å². The Hall–Kier alpha value is -2.30. The minimum atomic E-state index is -1.08. The molecule has 24 heavy (non-hydrogen) atoms. The fourth-order valence-electron chi connectivity index (χ4n) is 2.73. The summed E-state index contributed by atoms with van der Waals surface area (Å²) in [6.45, 7) is 11.2. The Morgan fingerprint density at radius 2 is 1.75 bits per heavy atom. The van der Waals surface area contributed by atoms with Crippen LogP contribution < -0.4 is 0 Å². The lowest BCUT2D eigenvalue weighted by atomic mass is 10.0. The number of ether oxygens (including phenoxy) is 1. The molecule has 0 bridgehead atoms. The first kappa shape index (κ1) is 18.0. The second-order valence-electron chi connectivity index (χ2n) is 6.60. The van der Waals surface area contributed by atoms with Gasteiger partial charge in [0.2, 0.25) is 0 Å². The molecule has 1 heterocycles. The number of carbonyl (C=O) groups is 2. The first-order valence-electron chi connectivity index (χ1n) is 8.07. The third-order valence-corrected chi connectivity index (χ3v) is 4.59. The van der Waals surface area contributed by atoms with Crippen molar-refractivity contribution in [1.82, 2.24) is 4.90 Å². The van der Waals surface area contributed by atoms with Crippen molar-refractivity contribution in [3.63, 3.8) is 0 Å². The van der Waals surface area contributed by atoms with Gasteiger partial charge in [0.15, 0.2) is 5.76 Å². The lowest BCUT2D eigenvalue weighted by molar-refractivity contribution is -0.153. The van der Waals surface area contributed by atoms with E-state index in [-0.39, 0.29) is 18.3 Å². The summed E-state index contributed by atoms with van der Waals surface area (Å²) >= 11 is 0. The van der Waals surface area contributed by atoms with Gasteiger partial charge in [-0.2, -0.15) is 0 Å². The first-order valence-corrected chi connectivity index (χ1v) is 8.07. The van der Waals surface area contributed by atoms with Gasteiger partial charge < -0.3 is 14.1 Å². The first-order chi connectivity index (χ1) is 11.1. The number of esters is 1. The molecule has 1 amide bonds. The van der Waals surface area contributed by atoms with Gasteiger partial charge in [-0.1, -0.05) is 12.1 Å². The SMILES string of the molecule is CCOC(=O)C(C)(C)N(C)C(=O)c1oc2c(C)ccc(C)c2c1C. The number of amides is 1. The molecule has 0 radical (unpaired) electrons. The highest BCUT2D eigenvalue weighted by atomic mass is 16.5. The molecule has 0 aliphatic carbocycles. The molecule has 0 aliphatic heterocycles. The summed E-state index contributed by atoms with van der Waals surface area (Å²) in [7, 11) is 1.59. The van der Waals surface area contributed by atoms with Crippen molar-refractivity contribution in [1.29, 1.82) is 0 Å². The molecule has 0 saturated heterocycles. The highest BCUT2D eigenvalue weighted by Gasteiger charge is 2.38. The van der Waals surface area contributed by atoms with Crippen LogP contribution in [-0.4, -0.2) is 36.0 Å². The molecule has 5 heteroatoms. The zero-order chi connectivity index (χ0) is 18.2. The third-order valence-electron chi connectivity index (χ3n) is 4.59. The van der Waals surface area contributed by atoms with Gasteiger partial charge >= 0.3 is 5.97 Å².